The number of nitrogens with one attached hydrogen (secondary N) is 1. The first-order valence-electron chi connectivity index (χ1n) is 12.4. The summed E-state index contributed by atoms with van der Waals surface area (Å²) in [6, 6.07) is 10.2. The molecule has 0 radical (unpaired) electrons. The van der Waals surface area contributed by atoms with Gasteiger partial charge in [-0.05, 0) is 23.6 Å². The summed E-state index contributed by atoms with van der Waals surface area (Å²) in [5, 5.41) is 3.75. The summed E-state index contributed by atoms with van der Waals surface area (Å²) in [4.78, 5) is 37.7. The van der Waals surface area contributed by atoms with E-state index in [0.29, 0.717) is 23.3 Å². The molecule has 3 heterocycles. The zero-order valence-electron chi connectivity index (χ0n) is 20.7. The number of carbonyl (C=O) groups is 1. The van der Waals surface area contributed by atoms with Gasteiger partial charge in [-0.3, -0.25) is 14.5 Å². The molecule has 1 saturated heterocycles. The standard InChI is InChI=1S/C26H35N7O2/c1-3-4-5-11-28-24-23-22(29-26(27)30-24)10-12-33(25(23)35)18-21-8-6-20(7-9-21)17-31-13-15-32(16-14-31)19(2)34/h6-10,12H,3-5,11,13-18H2,1-2H3,(H3,27,28,29,30). The topological polar surface area (TPSA) is 109 Å². The van der Waals surface area contributed by atoms with E-state index in [4.69, 9.17) is 5.73 Å². The van der Waals surface area contributed by atoms with Crippen LogP contribution in [-0.2, 0) is 17.9 Å². The van der Waals surface area contributed by atoms with Crippen LogP contribution < -0.4 is 16.6 Å². The van der Waals surface area contributed by atoms with E-state index < -0.39 is 0 Å². The van der Waals surface area contributed by atoms with Gasteiger partial charge >= 0.3 is 0 Å². The smallest absolute Gasteiger partial charge is 0.264 e. The molecule has 0 saturated carbocycles. The van der Waals surface area contributed by atoms with Crippen molar-refractivity contribution >= 4 is 28.6 Å². The van der Waals surface area contributed by atoms with Gasteiger partial charge in [0.25, 0.3) is 5.56 Å². The molecule has 0 bridgehead atoms. The molecule has 9 heteroatoms. The molecule has 4 rings (SSSR count). The van der Waals surface area contributed by atoms with Crippen LogP contribution >= 0.6 is 0 Å². The number of anilines is 2. The molecule has 0 unspecified atom stereocenters. The molecule has 3 N–H and O–H groups in total. The number of unbranched alkanes of at least 4 members (excludes halogenated alkanes) is 2. The Morgan fingerprint density at radius 1 is 1.00 bits per heavy atom. The molecule has 0 aliphatic carbocycles. The van der Waals surface area contributed by atoms with Gasteiger partial charge in [0.1, 0.15) is 11.2 Å². The number of pyridine rings is 1. The van der Waals surface area contributed by atoms with Gasteiger partial charge < -0.3 is 20.5 Å². The van der Waals surface area contributed by atoms with Gasteiger partial charge in [-0.1, -0.05) is 44.0 Å². The van der Waals surface area contributed by atoms with Gasteiger partial charge in [-0.15, -0.1) is 0 Å². The van der Waals surface area contributed by atoms with Crippen LogP contribution in [0.2, 0.25) is 0 Å². The minimum atomic E-state index is -0.132. The number of nitrogens with two attached hydrogens (primary N) is 1. The molecule has 186 valence electrons. The molecule has 0 spiro atoms. The third-order valence-corrected chi connectivity index (χ3v) is 6.51. The highest BCUT2D eigenvalue weighted by molar-refractivity contribution is 5.89. The van der Waals surface area contributed by atoms with Crippen molar-refractivity contribution < 1.29 is 4.79 Å². The van der Waals surface area contributed by atoms with Crippen molar-refractivity contribution in [1.29, 1.82) is 0 Å². The Balaban J connectivity index is 1.45. The van der Waals surface area contributed by atoms with Crippen molar-refractivity contribution in [3.63, 3.8) is 0 Å². The highest BCUT2D eigenvalue weighted by Crippen LogP contribution is 2.18. The fraction of sp³-hybridized carbons (Fsp3) is 0.462. The Labute approximate surface area is 206 Å². The first-order valence-corrected chi connectivity index (χ1v) is 12.4. The first kappa shape index (κ1) is 24.7. The number of nitrogen functional groups attached to an aromatic ring is 1. The quantitative estimate of drug-likeness (QED) is 0.456. The lowest BCUT2D eigenvalue weighted by molar-refractivity contribution is -0.130. The SMILES string of the molecule is CCCCCNc1nc(N)nc2ccn(Cc3ccc(CN4CCN(C(C)=O)CC4)cc3)c(=O)c12. The van der Waals surface area contributed by atoms with Gasteiger partial charge in [-0.25, -0.2) is 4.98 Å². The summed E-state index contributed by atoms with van der Waals surface area (Å²) >= 11 is 0. The van der Waals surface area contributed by atoms with Crippen LogP contribution in [-0.4, -0.2) is 63.0 Å². The zero-order valence-corrected chi connectivity index (χ0v) is 20.7. The summed E-state index contributed by atoms with van der Waals surface area (Å²) < 4.78 is 1.69. The predicted octanol–water partition coefficient (Wildman–Crippen LogP) is 2.69. The van der Waals surface area contributed by atoms with Gasteiger partial charge in [-0.2, -0.15) is 4.98 Å². The van der Waals surface area contributed by atoms with E-state index in [0.717, 1.165) is 64.1 Å². The van der Waals surface area contributed by atoms with E-state index in [2.05, 4.69) is 51.4 Å². The Morgan fingerprint density at radius 2 is 1.69 bits per heavy atom. The third-order valence-electron chi connectivity index (χ3n) is 6.51. The van der Waals surface area contributed by atoms with E-state index >= 15 is 0 Å². The Morgan fingerprint density at radius 3 is 2.34 bits per heavy atom. The molecule has 1 aliphatic rings. The average molecular weight is 478 g/mol. The number of carbonyl (C=O) groups excluding carboxylic acids is 1. The van der Waals surface area contributed by atoms with Gasteiger partial charge in [0.15, 0.2) is 0 Å². The predicted molar refractivity (Wildman–Crippen MR) is 139 cm³/mol. The zero-order chi connectivity index (χ0) is 24.8. The minimum Gasteiger partial charge on any atom is -0.369 e. The summed E-state index contributed by atoms with van der Waals surface area (Å²) in [6.45, 7) is 9.16. The number of piperazine rings is 1. The van der Waals surface area contributed by atoms with Crippen LogP contribution in [0.5, 0.6) is 0 Å². The van der Waals surface area contributed by atoms with Crippen LogP contribution in [0, 0.1) is 0 Å². The van der Waals surface area contributed by atoms with E-state index in [1.54, 1.807) is 17.7 Å². The largest absolute Gasteiger partial charge is 0.369 e. The molecule has 1 aliphatic heterocycles. The normalized spacial score (nSPS) is 14.4. The van der Waals surface area contributed by atoms with Crippen molar-refractivity contribution in [2.24, 2.45) is 0 Å². The second-order valence-electron chi connectivity index (χ2n) is 9.17. The highest BCUT2D eigenvalue weighted by atomic mass is 16.2. The number of fused-ring (bicyclic) bond motifs is 1. The maximum absolute atomic E-state index is 13.3. The van der Waals surface area contributed by atoms with Gasteiger partial charge in [0.05, 0.1) is 12.1 Å². The van der Waals surface area contributed by atoms with Gasteiger partial charge in [0.2, 0.25) is 11.9 Å². The van der Waals surface area contributed by atoms with E-state index in [1.807, 2.05) is 11.0 Å². The van der Waals surface area contributed by atoms with E-state index in [1.165, 1.54) is 5.56 Å². The lowest BCUT2D eigenvalue weighted by Crippen LogP contribution is -2.47. The summed E-state index contributed by atoms with van der Waals surface area (Å²) in [7, 11) is 0. The van der Waals surface area contributed by atoms with Crippen LogP contribution in [0.25, 0.3) is 10.9 Å². The molecule has 1 fully saturated rings. The van der Waals surface area contributed by atoms with Gasteiger partial charge in [0, 0.05) is 52.4 Å². The number of amides is 1. The van der Waals surface area contributed by atoms with Crippen molar-refractivity contribution in [3.05, 3.63) is 58.0 Å². The van der Waals surface area contributed by atoms with Crippen LogP contribution in [0.15, 0.2) is 41.3 Å². The molecule has 9 nitrogen and oxygen atoms in total. The molecule has 1 aromatic carbocycles. The number of aromatic nitrogens is 3. The summed E-state index contributed by atoms with van der Waals surface area (Å²) in [6.07, 6.45) is 5.00. The Hall–Kier alpha value is -3.46. The number of rotatable bonds is 9. The van der Waals surface area contributed by atoms with E-state index in [9.17, 15) is 9.59 Å². The maximum Gasteiger partial charge on any atom is 0.264 e. The van der Waals surface area contributed by atoms with E-state index in [-0.39, 0.29) is 17.4 Å². The molecule has 35 heavy (non-hydrogen) atoms. The Bertz CT molecular complexity index is 1210. The Kier molecular flexibility index (Phi) is 7.97. The summed E-state index contributed by atoms with van der Waals surface area (Å²) in [5.41, 5.74) is 8.56. The second-order valence-corrected chi connectivity index (χ2v) is 9.17. The molecule has 1 amide bonds. The number of benzene rings is 1. The fourth-order valence-corrected chi connectivity index (χ4v) is 4.46. The van der Waals surface area contributed by atoms with Crippen LogP contribution in [0.3, 0.4) is 0 Å². The fourth-order valence-electron chi connectivity index (χ4n) is 4.46. The lowest BCUT2D eigenvalue weighted by atomic mass is 10.1. The molecular formula is C26H35N7O2. The number of hydrogen-bond acceptors (Lipinski definition) is 7. The third kappa shape index (κ3) is 6.16. The second kappa shape index (κ2) is 11.3. The average Bonchev–Trinajstić information content (AvgIpc) is 2.85. The number of hydrogen-bond donors (Lipinski definition) is 2. The minimum absolute atomic E-state index is 0.132. The molecule has 0 atom stereocenters. The van der Waals surface area contributed by atoms with Crippen molar-refractivity contribution in [3.8, 4) is 0 Å². The van der Waals surface area contributed by atoms with Crippen molar-refractivity contribution in [2.75, 3.05) is 43.8 Å². The monoisotopic (exact) mass is 477 g/mol. The van der Waals surface area contributed by atoms with Crippen LogP contribution in [0.1, 0.15) is 44.2 Å². The van der Waals surface area contributed by atoms with Crippen molar-refractivity contribution in [2.45, 2.75) is 46.2 Å². The maximum atomic E-state index is 13.3. The first-order chi connectivity index (χ1) is 16.9. The van der Waals surface area contributed by atoms with Crippen LogP contribution in [0.4, 0.5) is 11.8 Å². The summed E-state index contributed by atoms with van der Waals surface area (Å²) in [5.74, 6) is 0.807. The highest BCUT2D eigenvalue weighted by Gasteiger charge is 2.18. The molecule has 2 aromatic heterocycles. The molecular weight excluding hydrogens is 442 g/mol. The molecule has 3 aromatic rings. The van der Waals surface area contributed by atoms with Crippen molar-refractivity contribution in [1.82, 2.24) is 24.3 Å². The lowest BCUT2D eigenvalue weighted by Gasteiger charge is -2.34. The number of nitrogens with zero attached hydrogens (tertiary/aromatic N) is 5.